The molecule has 2 heterocycles. The molecule has 2 amide bonds. The Bertz CT molecular complexity index is 1140. The van der Waals surface area contributed by atoms with Crippen LogP contribution >= 0.6 is 0 Å². The van der Waals surface area contributed by atoms with Crippen molar-refractivity contribution in [2.75, 3.05) is 6.54 Å². The lowest BCUT2D eigenvalue weighted by atomic mass is 10.1. The van der Waals surface area contributed by atoms with Crippen LogP contribution in [0.5, 0.6) is 0 Å². The Morgan fingerprint density at radius 1 is 1.10 bits per heavy atom. The van der Waals surface area contributed by atoms with Crippen LogP contribution in [-0.2, 0) is 4.79 Å². The van der Waals surface area contributed by atoms with Crippen LogP contribution in [-0.4, -0.2) is 45.5 Å². The number of aromatic nitrogens is 2. The summed E-state index contributed by atoms with van der Waals surface area (Å²) < 4.78 is 4.49. The molecule has 2 N–H and O–H groups in total. The Morgan fingerprint density at radius 2 is 1.87 bits per heavy atom. The summed E-state index contributed by atoms with van der Waals surface area (Å²) in [6.45, 7) is 0.539. The predicted molar refractivity (Wildman–Crippen MR) is 108 cm³/mol. The molecular weight excluding hydrogens is 384 g/mol. The van der Waals surface area contributed by atoms with Gasteiger partial charge >= 0.3 is 5.76 Å². The summed E-state index contributed by atoms with van der Waals surface area (Å²) in [5.74, 6) is -0.0757. The summed E-state index contributed by atoms with van der Waals surface area (Å²) in [6.07, 6.45) is 1.30. The second kappa shape index (κ2) is 7.29. The minimum absolute atomic E-state index is 0.0917. The smallest absolute Gasteiger partial charge is 0.347 e. The molecule has 3 unspecified atom stereocenters. The number of hydrogen-bond acceptors (Lipinski definition) is 5. The monoisotopic (exact) mass is 404 g/mol. The topological polar surface area (TPSA) is 108 Å². The second-order valence-corrected chi connectivity index (χ2v) is 7.76. The molecule has 0 spiro atoms. The average molecular weight is 404 g/mol. The Balaban J connectivity index is 1.20. The number of amides is 2. The van der Waals surface area contributed by atoms with Crippen LogP contribution in [0.1, 0.15) is 34.7 Å². The van der Waals surface area contributed by atoms with E-state index in [0.717, 1.165) is 6.42 Å². The first-order chi connectivity index (χ1) is 14.6. The Labute approximate surface area is 171 Å². The zero-order valence-electron chi connectivity index (χ0n) is 16.1. The number of benzene rings is 2. The summed E-state index contributed by atoms with van der Waals surface area (Å²) in [4.78, 5) is 40.5. The zero-order valence-corrected chi connectivity index (χ0v) is 16.1. The number of hydrogen-bond donors (Lipinski definition) is 2. The molecule has 1 aliphatic heterocycles. The van der Waals surface area contributed by atoms with Crippen LogP contribution in [0, 0.1) is 0 Å². The zero-order chi connectivity index (χ0) is 20.7. The van der Waals surface area contributed by atoms with Crippen LogP contribution < -0.4 is 11.1 Å². The number of nitrogens with zero attached hydrogens (tertiary/aromatic N) is 2. The van der Waals surface area contributed by atoms with E-state index in [2.05, 4.69) is 32.1 Å². The number of aromatic amines is 1. The van der Waals surface area contributed by atoms with Gasteiger partial charge in [0.1, 0.15) is 0 Å². The fraction of sp³-hybridized carbons (Fsp3) is 0.273. The lowest BCUT2D eigenvalue weighted by Gasteiger charge is -2.17. The van der Waals surface area contributed by atoms with Gasteiger partial charge < -0.3 is 10.2 Å². The van der Waals surface area contributed by atoms with E-state index in [9.17, 15) is 14.4 Å². The van der Waals surface area contributed by atoms with Gasteiger partial charge in [-0.25, -0.2) is 4.79 Å². The quantitative estimate of drug-likeness (QED) is 0.675. The first-order valence-corrected chi connectivity index (χ1v) is 9.90. The Hall–Kier alpha value is -3.68. The van der Waals surface area contributed by atoms with Gasteiger partial charge in [0, 0.05) is 36.1 Å². The van der Waals surface area contributed by atoms with Crippen LogP contribution in [0.2, 0.25) is 0 Å². The molecule has 30 heavy (non-hydrogen) atoms. The van der Waals surface area contributed by atoms with Crippen molar-refractivity contribution < 1.29 is 14.1 Å². The molecule has 1 aromatic heterocycles. The van der Waals surface area contributed by atoms with E-state index in [1.165, 1.54) is 5.56 Å². The number of carbonyl (C=O) groups is 2. The highest BCUT2D eigenvalue weighted by Crippen LogP contribution is 2.45. The molecule has 3 atom stereocenters. The maximum atomic E-state index is 12.6. The van der Waals surface area contributed by atoms with E-state index >= 15 is 0 Å². The van der Waals surface area contributed by atoms with E-state index < -0.39 is 5.76 Å². The third-order valence-corrected chi connectivity index (χ3v) is 5.74. The summed E-state index contributed by atoms with van der Waals surface area (Å²) in [6, 6.07) is 16.9. The molecule has 1 aliphatic carbocycles. The van der Waals surface area contributed by atoms with Gasteiger partial charge in [-0.3, -0.25) is 19.1 Å². The highest BCUT2D eigenvalue weighted by Gasteiger charge is 2.47. The molecule has 2 aromatic carbocycles. The normalized spacial score (nSPS) is 22.9. The predicted octanol–water partition coefficient (Wildman–Crippen LogP) is 1.92. The molecule has 5 rings (SSSR count). The number of carbonyl (C=O) groups excluding carboxylic acids is 2. The van der Waals surface area contributed by atoms with Crippen molar-refractivity contribution in [1.82, 2.24) is 20.4 Å². The van der Waals surface area contributed by atoms with Crippen LogP contribution in [0.3, 0.4) is 0 Å². The lowest BCUT2D eigenvalue weighted by molar-refractivity contribution is -0.128. The van der Waals surface area contributed by atoms with E-state index in [1.807, 2.05) is 23.1 Å². The third-order valence-electron chi connectivity index (χ3n) is 5.74. The van der Waals surface area contributed by atoms with Gasteiger partial charge in [-0.05, 0) is 24.1 Å². The molecule has 8 heteroatoms. The van der Waals surface area contributed by atoms with Crippen molar-refractivity contribution >= 4 is 11.8 Å². The van der Waals surface area contributed by atoms with Gasteiger partial charge in [0.2, 0.25) is 5.91 Å². The number of likely N-dealkylation sites (tertiary alicyclic amines) is 1. The molecule has 2 fully saturated rings. The second-order valence-electron chi connectivity index (χ2n) is 7.76. The van der Waals surface area contributed by atoms with E-state index in [-0.39, 0.29) is 23.9 Å². The largest absolute Gasteiger partial charge is 0.439 e. The van der Waals surface area contributed by atoms with Crippen molar-refractivity contribution in [3.8, 4) is 11.4 Å². The van der Waals surface area contributed by atoms with E-state index in [4.69, 9.17) is 0 Å². The van der Waals surface area contributed by atoms with Crippen LogP contribution in [0.4, 0.5) is 0 Å². The SMILES string of the molecule is O=C(NC1CC(=O)N(C2CC2c2ccccc2)C1)c1ccc(-c2noc(=O)[nH]2)cc1. The molecule has 152 valence electrons. The van der Waals surface area contributed by atoms with Gasteiger partial charge in [-0.2, -0.15) is 0 Å². The van der Waals surface area contributed by atoms with Crippen LogP contribution in [0.25, 0.3) is 11.4 Å². The molecule has 8 nitrogen and oxygen atoms in total. The summed E-state index contributed by atoms with van der Waals surface area (Å²) >= 11 is 0. The lowest BCUT2D eigenvalue weighted by Crippen LogP contribution is -2.37. The van der Waals surface area contributed by atoms with Gasteiger partial charge in [0.05, 0.1) is 6.04 Å². The fourth-order valence-corrected chi connectivity index (χ4v) is 4.14. The Kier molecular flexibility index (Phi) is 4.46. The maximum absolute atomic E-state index is 12.6. The van der Waals surface area contributed by atoms with Crippen LogP contribution in [0.15, 0.2) is 63.9 Å². The molecule has 2 aliphatic rings. The average Bonchev–Trinajstić information content (AvgIpc) is 3.30. The first kappa shape index (κ1) is 18.4. The molecular formula is C22H20N4O4. The number of rotatable bonds is 5. The molecule has 0 radical (unpaired) electrons. The van der Waals surface area contributed by atoms with Crippen molar-refractivity contribution in [3.63, 3.8) is 0 Å². The summed E-state index contributed by atoms with van der Waals surface area (Å²) in [5, 5.41) is 6.59. The van der Waals surface area contributed by atoms with Crippen molar-refractivity contribution in [2.45, 2.75) is 30.8 Å². The standard InChI is InChI=1S/C22H20N4O4/c27-19-10-16(12-26(19)18-11-17(18)13-4-2-1-3-5-13)23-21(28)15-8-6-14(7-9-15)20-24-22(29)30-25-20/h1-9,16-18H,10-12H2,(H,23,28)(H,24,25,29). The number of nitrogens with one attached hydrogen (secondary N) is 2. The highest BCUT2D eigenvalue weighted by molar-refractivity contribution is 5.95. The van der Waals surface area contributed by atoms with Gasteiger partial charge in [-0.1, -0.05) is 47.6 Å². The maximum Gasteiger partial charge on any atom is 0.439 e. The highest BCUT2D eigenvalue weighted by atomic mass is 16.5. The van der Waals surface area contributed by atoms with Gasteiger partial charge in [-0.15, -0.1) is 0 Å². The minimum Gasteiger partial charge on any atom is -0.347 e. The first-order valence-electron chi connectivity index (χ1n) is 9.90. The Morgan fingerprint density at radius 3 is 2.57 bits per heavy atom. The molecule has 1 saturated heterocycles. The number of H-pyrrole nitrogens is 1. The van der Waals surface area contributed by atoms with Crippen molar-refractivity contribution in [2.24, 2.45) is 0 Å². The molecule has 3 aromatic rings. The molecule has 1 saturated carbocycles. The van der Waals surface area contributed by atoms with Crippen molar-refractivity contribution in [1.29, 1.82) is 0 Å². The van der Waals surface area contributed by atoms with Crippen molar-refractivity contribution in [3.05, 3.63) is 76.3 Å². The molecule has 0 bridgehead atoms. The fourth-order valence-electron chi connectivity index (χ4n) is 4.14. The third kappa shape index (κ3) is 3.52. The van der Waals surface area contributed by atoms with E-state index in [1.54, 1.807) is 24.3 Å². The van der Waals surface area contributed by atoms with Gasteiger partial charge in [0.15, 0.2) is 5.82 Å². The minimum atomic E-state index is -0.632. The summed E-state index contributed by atoms with van der Waals surface area (Å²) in [5.41, 5.74) is 2.38. The summed E-state index contributed by atoms with van der Waals surface area (Å²) in [7, 11) is 0. The van der Waals surface area contributed by atoms with E-state index in [0.29, 0.717) is 35.8 Å². The van der Waals surface area contributed by atoms with Gasteiger partial charge in [0.25, 0.3) is 5.91 Å².